The first kappa shape index (κ1) is 21.7. The van der Waals surface area contributed by atoms with E-state index in [1.807, 2.05) is 6.08 Å². The minimum Gasteiger partial charge on any atom is -0.103 e. The van der Waals surface area contributed by atoms with E-state index in [1.54, 1.807) is 0 Å². The van der Waals surface area contributed by atoms with Crippen LogP contribution in [0.15, 0.2) is 12.7 Å². The maximum Gasteiger partial charge on any atom is -0.0351 e. The summed E-state index contributed by atoms with van der Waals surface area (Å²) in [5, 5.41) is 0. The summed E-state index contributed by atoms with van der Waals surface area (Å²) in [5.41, 5.74) is 0. The lowest BCUT2D eigenvalue weighted by Gasteiger charge is -2.03. The number of rotatable bonds is 19. The molecule has 0 nitrogen and oxygen atoms in total. The Bertz CT molecular complexity index is 194. The van der Waals surface area contributed by atoms with Crippen LogP contribution in [0.25, 0.3) is 0 Å². The molecule has 0 aromatic rings. The number of unbranched alkanes of at least 4 members (excludes halogenated alkanes) is 18. The van der Waals surface area contributed by atoms with Gasteiger partial charge in [-0.2, -0.15) is 0 Å². The Kier molecular flexibility index (Phi) is 20.5. The maximum atomic E-state index is 3.75. The lowest BCUT2D eigenvalue weighted by Crippen LogP contribution is -1.84. The fourth-order valence-electron chi connectivity index (χ4n) is 3.04. The van der Waals surface area contributed by atoms with Gasteiger partial charge in [0, 0.05) is 0 Å². The summed E-state index contributed by atoms with van der Waals surface area (Å²) in [5.74, 6) is 0. The molecule has 0 heterocycles. The van der Waals surface area contributed by atoms with Crippen LogP contribution in [-0.4, -0.2) is 0 Å². The van der Waals surface area contributed by atoms with Gasteiger partial charge in [0.05, 0.1) is 0 Å². The Balaban J connectivity index is 2.92. The van der Waals surface area contributed by atoms with Gasteiger partial charge in [0.25, 0.3) is 0 Å². The van der Waals surface area contributed by atoms with Crippen LogP contribution >= 0.6 is 0 Å². The molecule has 0 aliphatic heterocycles. The fraction of sp³-hybridized carbons (Fsp3) is 0.864. The van der Waals surface area contributed by atoms with E-state index in [9.17, 15) is 0 Å². The zero-order valence-electron chi connectivity index (χ0n) is 15.6. The van der Waals surface area contributed by atoms with E-state index in [0.29, 0.717) is 0 Å². The Morgan fingerprint density at radius 3 is 1.32 bits per heavy atom. The maximum absolute atomic E-state index is 3.75. The zero-order chi connectivity index (χ0) is 16.1. The molecule has 131 valence electrons. The van der Waals surface area contributed by atoms with Crippen molar-refractivity contribution < 1.29 is 0 Å². The third-order valence-corrected chi connectivity index (χ3v) is 4.59. The van der Waals surface area contributed by atoms with Gasteiger partial charge >= 0.3 is 0 Å². The second-order valence-electron chi connectivity index (χ2n) is 6.89. The van der Waals surface area contributed by atoms with Gasteiger partial charge in [0.15, 0.2) is 0 Å². The van der Waals surface area contributed by atoms with Gasteiger partial charge < -0.3 is 0 Å². The average molecular weight is 308 g/mol. The molecule has 0 unspecified atom stereocenters. The number of hydrogen-bond acceptors (Lipinski definition) is 0. The molecule has 0 spiro atoms. The standard InChI is InChI=1S/C22H43/c1-3-5-7-9-11-13-15-17-19-21-22-20-18-16-14-12-10-8-6-4-2/h3,9H,1,4-8,10-22H2,2H3. The van der Waals surface area contributed by atoms with Crippen LogP contribution in [0.5, 0.6) is 0 Å². The van der Waals surface area contributed by atoms with Crippen LogP contribution in [-0.2, 0) is 0 Å². The highest BCUT2D eigenvalue weighted by atomic mass is 14.0. The molecule has 0 rings (SSSR count). The summed E-state index contributed by atoms with van der Waals surface area (Å²) in [7, 11) is 0. The smallest absolute Gasteiger partial charge is 0.0351 e. The third kappa shape index (κ3) is 19.7. The van der Waals surface area contributed by atoms with Crippen molar-refractivity contribution in [3.8, 4) is 0 Å². The summed E-state index contributed by atoms with van der Waals surface area (Å²) in [6.45, 7) is 6.05. The predicted octanol–water partition coefficient (Wildman–Crippen LogP) is 8.42. The molecule has 0 heteroatoms. The van der Waals surface area contributed by atoms with Gasteiger partial charge in [-0.05, 0) is 19.3 Å². The average Bonchev–Trinajstić information content (AvgIpc) is 2.54. The SMILES string of the molecule is C=CCC[CH]CCCCCCCCCCCCCCCCC. The van der Waals surface area contributed by atoms with Crippen LogP contribution in [0.4, 0.5) is 0 Å². The van der Waals surface area contributed by atoms with Crippen molar-refractivity contribution in [2.75, 3.05) is 0 Å². The molecule has 0 N–H and O–H groups in total. The van der Waals surface area contributed by atoms with E-state index >= 15 is 0 Å². The predicted molar refractivity (Wildman–Crippen MR) is 103 cm³/mol. The molecule has 22 heavy (non-hydrogen) atoms. The molecule has 0 atom stereocenters. The Hall–Kier alpha value is -0.260. The van der Waals surface area contributed by atoms with Crippen LogP contribution in [0.1, 0.15) is 122 Å². The highest BCUT2D eigenvalue weighted by Gasteiger charge is 1.94. The van der Waals surface area contributed by atoms with Crippen molar-refractivity contribution in [3.63, 3.8) is 0 Å². The fourth-order valence-corrected chi connectivity index (χ4v) is 3.04. The Morgan fingerprint density at radius 2 is 0.909 bits per heavy atom. The first-order valence-electron chi connectivity index (χ1n) is 10.3. The van der Waals surface area contributed by atoms with Gasteiger partial charge in [-0.25, -0.2) is 0 Å². The number of allylic oxidation sites excluding steroid dienone is 1. The zero-order valence-corrected chi connectivity index (χ0v) is 15.6. The monoisotopic (exact) mass is 307 g/mol. The van der Waals surface area contributed by atoms with Crippen molar-refractivity contribution in [2.24, 2.45) is 0 Å². The normalized spacial score (nSPS) is 11.0. The lowest BCUT2D eigenvalue weighted by molar-refractivity contribution is 0.531. The van der Waals surface area contributed by atoms with E-state index in [-0.39, 0.29) is 0 Å². The first-order valence-corrected chi connectivity index (χ1v) is 10.3. The van der Waals surface area contributed by atoms with Crippen LogP contribution in [0.2, 0.25) is 0 Å². The molecule has 0 aromatic heterocycles. The second kappa shape index (κ2) is 20.7. The summed E-state index contributed by atoms with van der Waals surface area (Å²) in [6.07, 6.45) is 30.0. The van der Waals surface area contributed by atoms with Crippen molar-refractivity contribution in [1.29, 1.82) is 0 Å². The third-order valence-electron chi connectivity index (χ3n) is 4.59. The van der Waals surface area contributed by atoms with Gasteiger partial charge in [-0.15, -0.1) is 6.58 Å². The summed E-state index contributed by atoms with van der Waals surface area (Å²) in [4.78, 5) is 0. The molecule has 0 aliphatic carbocycles. The molecule has 0 aromatic carbocycles. The topological polar surface area (TPSA) is 0 Å². The molecular weight excluding hydrogens is 264 g/mol. The summed E-state index contributed by atoms with van der Waals surface area (Å²) >= 11 is 0. The van der Waals surface area contributed by atoms with Crippen molar-refractivity contribution in [3.05, 3.63) is 19.1 Å². The lowest BCUT2D eigenvalue weighted by atomic mass is 10.0. The molecule has 0 fully saturated rings. The minimum atomic E-state index is 1.15. The van der Waals surface area contributed by atoms with Crippen molar-refractivity contribution >= 4 is 0 Å². The highest BCUT2D eigenvalue weighted by Crippen LogP contribution is 2.14. The van der Waals surface area contributed by atoms with Crippen LogP contribution < -0.4 is 0 Å². The van der Waals surface area contributed by atoms with Gasteiger partial charge in [-0.1, -0.05) is 116 Å². The molecule has 1 radical (unpaired) electrons. The largest absolute Gasteiger partial charge is 0.103 e. The molecule has 0 saturated heterocycles. The van der Waals surface area contributed by atoms with Crippen molar-refractivity contribution in [2.45, 2.75) is 122 Å². The molecule has 0 bridgehead atoms. The quantitative estimate of drug-likeness (QED) is 0.166. The second-order valence-corrected chi connectivity index (χ2v) is 6.89. The van der Waals surface area contributed by atoms with E-state index in [0.717, 1.165) is 6.42 Å². The van der Waals surface area contributed by atoms with Gasteiger partial charge in [-0.3, -0.25) is 0 Å². The van der Waals surface area contributed by atoms with Crippen molar-refractivity contribution in [1.82, 2.24) is 0 Å². The molecule has 0 saturated carbocycles. The highest BCUT2D eigenvalue weighted by molar-refractivity contribution is 4.73. The Morgan fingerprint density at radius 1 is 0.500 bits per heavy atom. The van der Waals surface area contributed by atoms with Gasteiger partial charge in [0.1, 0.15) is 0 Å². The van der Waals surface area contributed by atoms with Crippen LogP contribution in [0, 0.1) is 6.42 Å². The van der Waals surface area contributed by atoms with E-state index in [1.165, 1.54) is 109 Å². The van der Waals surface area contributed by atoms with E-state index in [4.69, 9.17) is 0 Å². The number of hydrogen-bond donors (Lipinski definition) is 0. The van der Waals surface area contributed by atoms with E-state index < -0.39 is 0 Å². The van der Waals surface area contributed by atoms with Crippen LogP contribution in [0.3, 0.4) is 0 Å². The molecular formula is C22H43. The molecule has 0 amide bonds. The Labute approximate surface area is 142 Å². The summed E-state index contributed by atoms with van der Waals surface area (Å²) < 4.78 is 0. The molecule has 0 aliphatic rings. The van der Waals surface area contributed by atoms with E-state index in [2.05, 4.69) is 19.9 Å². The van der Waals surface area contributed by atoms with Gasteiger partial charge in [0.2, 0.25) is 0 Å². The first-order chi connectivity index (χ1) is 10.9. The minimum absolute atomic E-state index is 1.15. The summed E-state index contributed by atoms with van der Waals surface area (Å²) in [6, 6.07) is 0.